The molecule has 0 aromatic rings. The van der Waals surface area contributed by atoms with E-state index in [4.69, 9.17) is 48.2 Å². The smallest absolute Gasteiger partial charge is 0.222 e. The summed E-state index contributed by atoms with van der Waals surface area (Å²) in [6, 6.07) is -1.09. The third-order valence-electron chi connectivity index (χ3n) is 17.9. The number of hydrogen-bond donors (Lipinski definition) is 15. The van der Waals surface area contributed by atoms with Crippen LogP contribution in [0.2, 0.25) is 0 Å². The second-order valence-corrected chi connectivity index (χ2v) is 27.2. The molecule has 608 valence electrons. The minimum Gasteiger partial charge on any atom is -0.394 e. The predicted octanol–water partition coefficient (Wildman–Crippen LogP) is -2.04. The Morgan fingerprint density at radius 2 is 0.792 bits per heavy atom. The number of Topliss-reactive ketones (excluding diaryl/α,β-unsaturated/α-hetero) is 3. The molecule has 1 unspecified atom stereocenters. The van der Waals surface area contributed by atoms with Crippen molar-refractivity contribution >= 4 is 58.7 Å². The summed E-state index contributed by atoms with van der Waals surface area (Å²) in [5.74, 6) is -4.74. The number of ether oxygens (including phenoxy) is 9. The highest BCUT2D eigenvalue weighted by Gasteiger charge is 2.47. The van der Waals surface area contributed by atoms with Crippen molar-refractivity contribution in [2.45, 2.75) is 230 Å². The molecule has 7 amide bonds. The number of aliphatic hydroxyl groups is 8. The summed E-state index contributed by atoms with van der Waals surface area (Å²) in [7, 11) is 0. The monoisotopic (exact) mass is 1520 g/mol. The summed E-state index contributed by atoms with van der Waals surface area (Å²) in [6.07, 6.45) is -8.42. The van der Waals surface area contributed by atoms with Gasteiger partial charge >= 0.3 is 0 Å². The molecule has 3 aliphatic rings. The van der Waals surface area contributed by atoms with E-state index in [0.717, 1.165) is 0 Å². The molecule has 3 aliphatic heterocycles. The lowest BCUT2D eigenvalue weighted by atomic mass is 9.82. The van der Waals surface area contributed by atoms with Gasteiger partial charge in [0.1, 0.15) is 53.9 Å². The molecule has 0 radical (unpaired) electrons. The van der Waals surface area contributed by atoms with E-state index in [-0.39, 0.29) is 235 Å². The number of amides is 7. The van der Waals surface area contributed by atoms with Gasteiger partial charge in [-0.2, -0.15) is 0 Å². The molecule has 37 heteroatoms. The van der Waals surface area contributed by atoms with E-state index in [1.54, 1.807) is 6.92 Å². The molecule has 0 bridgehead atoms. The van der Waals surface area contributed by atoms with Crippen LogP contribution >= 0.6 is 0 Å². The summed E-state index contributed by atoms with van der Waals surface area (Å²) < 4.78 is 52.5. The van der Waals surface area contributed by atoms with Gasteiger partial charge in [-0.1, -0.05) is 12.0 Å². The van der Waals surface area contributed by atoms with Crippen LogP contribution in [0.25, 0.3) is 10.4 Å². The Morgan fingerprint density at radius 3 is 1.17 bits per heavy atom. The van der Waals surface area contributed by atoms with E-state index >= 15 is 0 Å². The molecule has 3 fully saturated rings. The van der Waals surface area contributed by atoms with Crippen LogP contribution in [0.3, 0.4) is 0 Å². The SMILES string of the molecule is CC(=O)C[C@H]1[C@H](OCCCCC(=O)NCCCNC(=O)CCOCC(COCCC(=O)NCCCNC(=O)CCCCO[C@@H]2O[C@H](CO)[C@H](O)[C@H](O)[C@H]2CC(C)=O)(COCCC(=O)NCCCNC(=O)CCCCO[C@@H]2O[C@H](CO)[C@H](O)[C@H](O)[C@H]2NC(C)=O)CC(=O)CCCN=[N+]=[N-])O[C@H](CO)[C@H](C)[C@@H]1O. The summed E-state index contributed by atoms with van der Waals surface area (Å²) in [5.41, 5.74) is 7.61. The zero-order valence-electron chi connectivity index (χ0n) is 61.9. The zero-order chi connectivity index (χ0) is 78.2. The van der Waals surface area contributed by atoms with Gasteiger partial charge < -0.3 is 130 Å². The Morgan fingerprint density at radius 1 is 0.434 bits per heavy atom. The van der Waals surface area contributed by atoms with Crippen molar-refractivity contribution in [2.75, 3.05) is 125 Å². The van der Waals surface area contributed by atoms with Crippen LogP contribution in [0, 0.1) is 23.2 Å². The number of azide groups is 1. The summed E-state index contributed by atoms with van der Waals surface area (Å²) in [6.45, 7) is 5.34. The third kappa shape index (κ3) is 38.3. The van der Waals surface area contributed by atoms with Crippen LogP contribution < -0.4 is 37.2 Å². The normalized spacial score (nSPS) is 24.8. The lowest BCUT2D eigenvalue weighted by molar-refractivity contribution is -0.285. The lowest BCUT2D eigenvalue weighted by Gasteiger charge is -2.42. The average Bonchev–Trinajstić information content (AvgIpc) is 0.824. The van der Waals surface area contributed by atoms with Crippen LogP contribution in [-0.4, -0.2) is 298 Å². The van der Waals surface area contributed by atoms with Gasteiger partial charge in [0.15, 0.2) is 18.9 Å². The summed E-state index contributed by atoms with van der Waals surface area (Å²) in [4.78, 5) is 128. The number of nitrogens with one attached hydrogen (secondary N) is 7. The molecular weight excluding hydrogens is 1400 g/mol. The molecule has 3 heterocycles. The molecule has 0 aromatic carbocycles. The highest BCUT2D eigenvalue weighted by Crippen LogP contribution is 2.34. The molecule has 106 heavy (non-hydrogen) atoms. The second-order valence-electron chi connectivity index (χ2n) is 27.2. The van der Waals surface area contributed by atoms with Crippen LogP contribution in [0.4, 0.5) is 0 Å². The van der Waals surface area contributed by atoms with Crippen molar-refractivity contribution < 1.29 is 131 Å². The topological polar surface area (TPSA) is 549 Å². The number of aliphatic hydroxyl groups excluding tert-OH is 8. The Kier molecular flexibility index (Phi) is 48.4. The Labute approximate surface area is 619 Å². The number of hydrogen-bond acceptors (Lipinski definition) is 28. The number of ketones is 3. The molecule has 0 spiro atoms. The van der Waals surface area contributed by atoms with Gasteiger partial charge in [0.05, 0.1) is 77.8 Å². The van der Waals surface area contributed by atoms with Gasteiger partial charge in [-0.15, -0.1) is 0 Å². The van der Waals surface area contributed by atoms with Gasteiger partial charge in [0.25, 0.3) is 0 Å². The van der Waals surface area contributed by atoms with Gasteiger partial charge in [-0.3, -0.25) is 38.4 Å². The highest BCUT2D eigenvalue weighted by molar-refractivity contribution is 5.80. The van der Waals surface area contributed by atoms with Gasteiger partial charge in [-0.25, -0.2) is 0 Å². The summed E-state index contributed by atoms with van der Waals surface area (Å²) >= 11 is 0. The van der Waals surface area contributed by atoms with Crippen molar-refractivity contribution in [1.82, 2.24) is 37.2 Å². The van der Waals surface area contributed by atoms with E-state index in [2.05, 4.69) is 47.2 Å². The van der Waals surface area contributed by atoms with E-state index < -0.39 is 116 Å². The quantitative estimate of drug-likeness (QED) is 0.0135. The molecule has 15 N–H and O–H groups in total. The maximum absolute atomic E-state index is 13.6. The number of unbranched alkanes of at least 4 members (excludes halogenated alkanes) is 3. The molecule has 0 saturated carbocycles. The molecule has 0 aliphatic carbocycles. The molecular formula is C69H120N10O27. The zero-order valence-corrected chi connectivity index (χ0v) is 61.9. The van der Waals surface area contributed by atoms with Crippen molar-refractivity contribution in [3.05, 3.63) is 10.4 Å². The Balaban J connectivity index is 1.49. The third-order valence-corrected chi connectivity index (χ3v) is 17.9. The van der Waals surface area contributed by atoms with Crippen LogP contribution in [0.15, 0.2) is 5.11 Å². The standard InChI is InChI=1S/C69H120N10O27/c1-44(83)35-49-61(93)46(3)51(38-80)104-66(49)101-29-8-5-16-54(87)71-22-12-25-74-57(90)19-32-98-41-69(37-48(86)15-11-28-77-79-70,42-99-33-20-58(91)75-26-13-23-72-55(88)17-6-9-30-102-67-50(36-45(2)84)62(94)63(95)52(39-81)105-67)43-100-34-21-59(92)76-27-14-24-73-56(89)18-7-10-31-103-68-60(78-47(4)85)65(97)64(96)53(40-82)106-68/h46,49-53,60-68,80-82,93-97H,5-43H2,1-4H3,(H,71,87)(H,72,88)(H,73,89)(H,74,90)(H,75,91)(H,76,92)(H,78,85)/t46-,49+,50+,51+,52+,53+,60+,61-,62+,63-,64-,65+,66+,67+,68+,69?/m0/s1. The van der Waals surface area contributed by atoms with E-state index in [0.29, 0.717) is 57.8 Å². The fourth-order valence-electron chi connectivity index (χ4n) is 12.0. The second kappa shape index (κ2) is 54.5. The van der Waals surface area contributed by atoms with Gasteiger partial charge in [0, 0.05) is 165 Å². The van der Waals surface area contributed by atoms with E-state index in [1.807, 2.05) is 0 Å². The number of rotatable bonds is 59. The fraction of sp³-hybridized carbons (Fsp3) is 0.855. The summed E-state index contributed by atoms with van der Waals surface area (Å²) in [5, 5.41) is 104. The largest absolute Gasteiger partial charge is 0.394 e. The Bertz CT molecular complexity index is 2420. The van der Waals surface area contributed by atoms with Gasteiger partial charge in [0.2, 0.25) is 41.4 Å². The van der Waals surface area contributed by atoms with Crippen LogP contribution in [0.5, 0.6) is 0 Å². The van der Waals surface area contributed by atoms with Gasteiger partial charge in [-0.05, 0) is 83.6 Å². The first-order valence-electron chi connectivity index (χ1n) is 36.9. The maximum Gasteiger partial charge on any atom is 0.222 e. The molecule has 37 nitrogen and oxygen atoms in total. The highest BCUT2D eigenvalue weighted by atomic mass is 16.7. The van der Waals surface area contributed by atoms with E-state index in [1.165, 1.54) is 20.8 Å². The van der Waals surface area contributed by atoms with E-state index in [9.17, 15) is 88.8 Å². The fourth-order valence-corrected chi connectivity index (χ4v) is 12.0. The first-order valence-corrected chi connectivity index (χ1v) is 36.9. The van der Waals surface area contributed by atoms with Crippen molar-refractivity contribution in [3.63, 3.8) is 0 Å². The molecule has 16 atom stereocenters. The number of carbonyl (C=O) groups is 10. The maximum atomic E-state index is 13.6. The van der Waals surface area contributed by atoms with Crippen LogP contribution in [0.1, 0.15) is 156 Å². The molecule has 3 saturated heterocycles. The molecule has 0 aromatic heterocycles. The first kappa shape index (κ1) is 94.1. The van der Waals surface area contributed by atoms with Crippen molar-refractivity contribution in [2.24, 2.45) is 28.3 Å². The molecule has 3 rings (SSSR count). The minimum atomic E-state index is -1.46. The van der Waals surface area contributed by atoms with Crippen molar-refractivity contribution in [3.8, 4) is 0 Å². The minimum absolute atomic E-state index is 0.0200. The average molecular weight is 1520 g/mol. The first-order chi connectivity index (χ1) is 50.8. The number of nitrogens with zero attached hydrogens (tertiary/aromatic N) is 3. The number of carbonyl (C=O) groups excluding carboxylic acids is 10. The predicted molar refractivity (Wildman–Crippen MR) is 375 cm³/mol. The van der Waals surface area contributed by atoms with Crippen LogP contribution in [-0.2, 0) is 90.6 Å². The Hall–Kier alpha value is -6.07. The lowest BCUT2D eigenvalue weighted by Crippen LogP contribution is -2.64. The van der Waals surface area contributed by atoms with Crippen molar-refractivity contribution in [1.29, 1.82) is 0 Å².